The first-order valence-corrected chi connectivity index (χ1v) is 7.17. The van der Waals surface area contributed by atoms with Crippen molar-refractivity contribution in [2.75, 3.05) is 13.7 Å². The molecule has 1 unspecified atom stereocenters. The topological polar surface area (TPSA) is 52.0 Å². The van der Waals surface area contributed by atoms with Crippen LogP contribution in [-0.4, -0.2) is 28.4 Å². The van der Waals surface area contributed by atoms with Crippen LogP contribution in [0.15, 0.2) is 6.20 Å². The number of methoxy groups -OCH3 is 1. The fraction of sp³-hybridized carbons (Fsp3) is 0.538. The second-order valence-corrected chi connectivity index (χ2v) is 5.50. The van der Waals surface area contributed by atoms with Gasteiger partial charge in [-0.05, 0) is 20.4 Å². The molecule has 0 aliphatic heterocycles. The zero-order chi connectivity index (χ0) is 14.0. The van der Waals surface area contributed by atoms with E-state index in [-0.39, 0.29) is 0 Å². The maximum absolute atomic E-state index is 5.42. The van der Waals surface area contributed by atoms with E-state index in [0.29, 0.717) is 6.04 Å². The first-order valence-electron chi connectivity index (χ1n) is 6.35. The quantitative estimate of drug-likeness (QED) is 0.914. The summed E-state index contributed by atoms with van der Waals surface area (Å²) in [5, 5.41) is 8.75. The third-order valence-electron chi connectivity index (χ3n) is 3.04. The second kappa shape index (κ2) is 5.71. The molecule has 0 radical (unpaired) electrons. The number of thiazole rings is 1. The van der Waals surface area contributed by atoms with Gasteiger partial charge < -0.3 is 10.1 Å². The van der Waals surface area contributed by atoms with Gasteiger partial charge in [-0.25, -0.2) is 9.67 Å². The summed E-state index contributed by atoms with van der Waals surface area (Å²) in [4.78, 5) is 5.74. The van der Waals surface area contributed by atoms with Gasteiger partial charge in [-0.1, -0.05) is 6.92 Å². The van der Waals surface area contributed by atoms with E-state index in [4.69, 9.17) is 4.74 Å². The van der Waals surface area contributed by atoms with Crippen molar-refractivity contribution in [1.82, 2.24) is 20.1 Å². The smallest absolute Gasteiger partial charge is 0.222 e. The van der Waals surface area contributed by atoms with E-state index >= 15 is 0 Å². The Hall–Kier alpha value is -1.40. The van der Waals surface area contributed by atoms with Crippen molar-refractivity contribution in [3.8, 4) is 16.5 Å². The van der Waals surface area contributed by atoms with Gasteiger partial charge in [0, 0.05) is 24.2 Å². The zero-order valence-electron chi connectivity index (χ0n) is 12.0. The van der Waals surface area contributed by atoms with Gasteiger partial charge in [-0.3, -0.25) is 0 Å². The normalized spacial score (nSPS) is 12.7. The Morgan fingerprint density at radius 1 is 1.53 bits per heavy atom. The third kappa shape index (κ3) is 2.64. The highest BCUT2D eigenvalue weighted by Crippen LogP contribution is 2.36. The van der Waals surface area contributed by atoms with Gasteiger partial charge in [0.2, 0.25) is 5.88 Å². The molecule has 1 N–H and O–H groups in total. The molecule has 19 heavy (non-hydrogen) atoms. The third-order valence-corrected chi connectivity index (χ3v) is 4.24. The summed E-state index contributed by atoms with van der Waals surface area (Å²) >= 11 is 1.68. The molecule has 0 fully saturated rings. The van der Waals surface area contributed by atoms with Crippen LogP contribution < -0.4 is 10.1 Å². The molecule has 2 aromatic heterocycles. The molecule has 6 heteroatoms. The van der Waals surface area contributed by atoms with Crippen molar-refractivity contribution in [2.24, 2.45) is 7.05 Å². The lowest BCUT2D eigenvalue weighted by atomic mass is 10.2. The van der Waals surface area contributed by atoms with Crippen LogP contribution >= 0.6 is 11.3 Å². The lowest BCUT2D eigenvalue weighted by molar-refractivity contribution is 0.375. The van der Waals surface area contributed by atoms with Crippen molar-refractivity contribution in [2.45, 2.75) is 26.8 Å². The number of nitrogens with zero attached hydrogens (tertiary/aromatic N) is 3. The van der Waals surface area contributed by atoms with E-state index in [9.17, 15) is 0 Å². The number of rotatable bonds is 5. The first kappa shape index (κ1) is 14.0. The molecular weight excluding hydrogens is 260 g/mol. The molecule has 0 amide bonds. The van der Waals surface area contributed by atoms with E-state index in [1.54, 1.807) is 23.1 Å². The number of hydrogen-bond donors (Lipinski definition) is 1. The van der Waals surface area contributed by atoms with Crippen molar-refractivity contribution in [3.05, 3.63) is 16.8 Å². The summed E-state index contributed by atoms with van der Waals surface area (Å²) in [6.07, 6.45) is 1.93. The van der Waals surface area contributed by atoms with E-state index in [1.807, 2.05) is 20.2 Å². The van der Waals surface area contributed by atoms with Gasteiger partial charge in [0.15, 0.2) is 0 Å². The monoisotopic (exact) mass is 280 g/mol. The van der Waals surface area contributed by atoms with Crippen molar-refractivity contribution in [3.63, 3.8) is 0 Å². The van der Waals surface area contributed by atoms with Gasteiger partial charge in [0.1, 0.15) is 5.01 Å². The number of hydrogen-bond acceptors (Lipinski definition) is 5. The van der Waals surface area contributed by atoms with Crippen molar-refractivity contribution >= 4 is 11.3 Å². The number of ether oxygens (including phenoxy) is 1. The standard InChI is InChI=1S/C13H20N4OS/c1-6-14-8(2)10-7-15-12(19-10)11-9(3)16-17(4)13(11)18-5/h7-8,14H,6H2,1-5H3. The second-order valence-electron chi connectivity index (χ2n) is 4.44. The lowest BCUT2D eigenvalue weighted by Gasteiger charge is -2.08. The largest absolute Gasteiger partial charge is 0.481 e. The predicted molar refractivity (Wildman–Crippen MR) is 77.7 cm³/mol. The minimum Gasteiger partial charge on any atom is -0.481 e. The molecule has 0 saturated carbocycles. The summed E-state index contributed by atoms with van der Waals surface area (Å²) in [6, 6.07) is 0.319. The molecule has 2 aromatic rings. The molecule has 0 spiro atoms. The molecule has 0 bridgehead atoms. The Morgan fingerprint density at radius 3 is 2.89 bits per heavy atom. The number of aromatic nitrogens is 3. The Balaban J connectivity index is 2.38. The van der Waals surface area contributed by atoms with Gasteiger partial charge in [0.25, 0.3) is 0 Å². The minimum atomic E-state index is 0.319. The molecule has 0 aliphatic carbocycles. The molecule has 0 aliphatic rings. The SMILES string of the molecule is CCNC(C)c1cnc(-c2c(C)nn(C)c2OC)s1. The average molecular weight is 280 g/mol. The fourth-order valence-electron chi connectivity index (χ4n) is 2.13. The Labute approximate surface area is 117 Å². The Morgan fingerprint density at radius 2 is 2.26 bits per heavy atom. The molecule has 1 atom stereocenters. The van der Waals surface area contributed by atoms with Crippen LogP contribution in [0.5, 0.6) is 5.88 Å². The van der Waals surface area contributed by atoms with E-state index < -0.39 is 0 Å². The van der Waals surface area contributed by atoms with Crippen LogP contribution in [0.3, 0.4) is 0 Å². The number of nitrogens with one attached hydrogen (secondary N) is 1. The molecule has 0 aromatic carbocycles. The molecule has 0 saturated heterocycles. The lowest BCUT2D eigenvalue weighted by Crippen LogP contribution is -2.16. The summed E-state index contributed by atoms with van der Waals surface area (Å²) in [5.74, 6) is 0.759. The fourth-order valence-corrected chi connectivity index (χ4v) is 3.16. The summed E-state index contributed by atoms with van der Waals surface area (Å²) in [5.41, 5.74) is 1.93. The van der Waals surface area contributed by atoms with Crippen LogP contribution in [0.1, 0.15) is 30.5 Å². The van der Waals surface area contributed by atoms with Gasteiger partial charge in [-0.15, -0.1) is 11.3 Å². The van der Waals surface area contributed by atoms with Gasteiger partial charge >= 0.3 is 0 Å². The summed E-state index contributed by atoms with van der Waals surface area (Å²) in [7, 11) is 3.54. The Kier molecular flexibility index (Phi) is 4.21. The summed E-state index contributed by atoms with van der Waals surface area (Å²) in [6.45, 7) is 7.18. The van der Waals surface area contributed by atoms with Crippen LogP contribution in [-0.2, 0) is 7.05 Å². The van der Waals surface area contributed by atoms with Crippen molar-refractivity contribution < 1.29 is 4.74 Å². The maximum Gasteiger partial charge on any atom is 0.222 e. The number of aryl methyl sites for hydroxylation is 2. The van der Waals surface area contributed by atoms with Crippen LogP contribution in [0, 0.1) is 6.92 Å². The average Bonchev–Trinajstić information content (AvgIpc) is 2.93. The van der Waals surface area contributed by atoms with Crippen molar-refractivity contribution in [1.29, 1.82) is 0 Å². The Bertz CT molecular complexity index is 561. The molecule has 2 heterocycles. The van der Waals surface area contributed by atoms with Gasteiger partial charge in [-0.2, -0.15) is 5.10 Å². The molecular formula is C13H20N4OS. The first-order chi connectivity index (χ1) is 9.08. The molecule has 104 valence electrons. The predicted octanol–water partition coefficient (Wildman–Crippen LogP) is 2.53. The minimum absolute atomic E-state index is 0.319. The van der Waals surface area contributed by atoms with E-state index in [0.717, 1.165) is 28.7 Å². The zero-order valence-corrected chi connectivity index (χ0v) is 12.8. The van der Waals surface area contributed by atoms with Crippen LogP contribution in [0.2, 0.25) is 0 Å². The molecule has 5 nitrogen and oxygen atoms in total. The van der Waals surface area contributed by atoms with E-state index in [2.05, 4.69) is 29.2 Å². The molecule has 2 rings (SSSR count). The van der Waals surface area contributed by atoms with Crippen LogP contribution in [0.25, 0.3) is 10.6 Å². The maximum atomic E-state index is 5.42. The highest BCUT2D eigenvalue weighted by molar-refractivity contribution is 7.15. The van der Waals surface area contributed by atoms with Crippen LogP contribution in [0.4, 0.5) is 0 Å². The van der Waals surface area contributed by atoms with Gasteiger partial charge in [0.05, 0.1) is 18.4 Å². The highest BCUT2D eigenvalue weighted by atomic mass is 32.1. The summed E-state index contributed by atoms with van der Waals surface area (Å²) < 4.78 is 7.17. The van der Waals surface area contributed by atoms with E-state index in [1.165, 1.54) is 4.88 Å². The highest BCUT2D eigenvalue weighted by Gasteiger charge is 2.19.